The first-order chi connectivity index (χ1) is 10.1. The summed E-state index contributed by atoms with van der Waals surface area (Å²) < 4.78 is 0. The standard InChI is InChI=1S/C19H30N2/c1-14-7-9-17(10-8-14)19(20)15(2)21-12-11-16-5-3-4-6-18(16)13-21/h7-10,15-16,18-19H,3-6,11-13,20H2,1-2H3. The van der Waals surface area contributed by atoms with Crippen molar-refractivity contribution in [3.63, 3.8) is 0 Å². The van der Waals surface area contributed by atoms with Crippen LogP contribution in [0.25, 0.3) is 0 Å². The Morgan fingerprint density at radius 2 is 1.71 bits per heavy atom. The molecule has 116 valence electrons. The molecule has 0 spiro atoms. The van der Waals surface area contributed by atoms with Gasteiger partial charge in [0.2, 0.25) is 0 Å². The van der Waals surface area contributed by atoms with Crippen molar-refractivity contribution in [2.75, 3.05) is 13.1 Å². The monoisotopic (exact) mass is 286 g/mol. The number of piperidine rings is 1. The zero-order valence-electron chi connectivity index (χ0n) is 13.6. The summed E-state index contributed by atoms with van der Waals surface area (Å²) in [6.07, 6.45) is 7.19. The number of hydrogen-bond acceptors (Lipinski definition) is 2. The highest BCUT2D eigenvalue weighted by atomic mass is 15.2. The summed E-state index contributed by atoms with van der Waals surface area (Å²) in [6, 6.07) is 9.32. The molecule has 2 N–H and O–H groups in total. The lowest BCUT2D eigenvalue weighted by molar-refractivity contribution is 0.0538. The average molecular weight is 286 g/mol. The van der Waals surface area contributed by atoms with Gasteiger partial charge in [-0.2, -0.15) is 0 Å². The van der Waals surface area contributed by atoms with E-state index in [4.69, 9.17) is 5.73 Å². The lowest BCUT2D eigenvalue weighted by Gasteiger charge is -2.45. The first-order valence-electron chi connectivity index (χ1n) is 8.71. The summed E-state index contributed by atoms with van der Waals surface area (Å²) in [7, 11) is 0. The first-order valence-corrected chi connectivity index (χ1v) is 8.71. The van der Waals surface area contributed by atoms with Crippen LogP contribution < -0.4 is 5.73 Å². The van der Waals surface area contributed by atoms with Crippen LogP contribution in [0.4, 0.5) is 0 Å². The van der Waals surface area contributed by atoms with Gasteiger partial charge in [-0.15, -0.1) is 0 Å². The Bertz CT molecular complexity index is 453. The molecule has 0 radical (unpaired) electrons. The number of likely N-dealkylation sites (tertiary alicyclic amines) is 1. The molecule has 1 aromatic carbocycles. The Hall–Kier alpha value is -0.860. The Morgan fingerprint density at radius 1 is 1.05 bits per heavy atom. The highest BCUT2D eigenvalue weighted by molar-refractivity contribution is 5.24. The van der Waals surface area contributed by atoms with Crippen molar-refractivity contribution >= 4 is 0 Å². The van der Waals surface area contributed by atoms with Crippen LogP contribution in [0.2, 0.25) is 0 Å². The summed E-state index contributed by atoms with van der Waals surface area (Å²) in [6.45, 7) is 6.95. The van der Waals surface area contributed by atoms with Crippen LogP contribution in [0.5, 0.6) is 0 Å². The summed E-state index contributed by atoms with van der Waals surface area (Å²) in [5, 5.41) is 0. The molecule has 1 aliphatic heterocycles. The molecule has 1 saturated carbocycles. The van der Waals surface area contributed by atoms with E-state index >= 15 is 0 Å². The summed E-state index contributed by atoms with van der Waals surface area (Å²) in [5.41, 5.74) is 9.13. The van der Waals surface area contributed by atoms with Crippen molar-refractivity contribution in [3.8, 4) is 0 Å². The van der Waals surface area contributed by atoms with E-state index in [9.17, 15) is 0 Å². The zero-order valence-corrected chi connectivity index (χ0v) is 13.6. The van der Waals surface area contributed by atoms with E-state index < -0.39 is 0 Å². The van der Waals surface area contributed by atoms with Crippen molar-refractivity contribution in [2.24, 2.45) is 17.6 Å². The molecule has 3 rings (SSSR count). The molecule has 0 bridgehead atoms. The van der Waals surface area contributed by atoms with Crippen LogP contribution in [-0.2, 0) is 0 Å². The van der Waals surface area contributed by atoms with Crippen molar-refractivity contribution in [1.82, 2.24) is 4.90 Å². The van der Waals surface area contributed by atoms with Crippen LogP contribution >= 0.6 is 0 Å². The number of benzene rings is 1. The normalized spacial score (nSPS) is 29.7. The van der Waals surface area contributed by atoms with Crippen LogP contribution in [-0.4, -0.2) is 24.0 Å². The Kier molecular flexibility index (Phi) is 4.66. The van der Waals surface area contributed by atoms with Gasteiger partial charge in [-0.1, -0.05) is 49.1 Å². The number of nitrogens with zero attached hydrogens (tertiary/aromatic N) is 1. The van der Waals surface area contributed by atoms with Crippen LogP contribution in [0, 0.1) is 18.8 Å². The second kappa shape index (κ2) is 6.50. The molecule has 4 unspecified atom stereocenters. The van der Waals surface area contributed by atoms with Crippen LogP contribution in [0.3, 0.4) is 0 Å². The minimum absolute atomic E-state index is 0.130. The smallest absolute Gasteiger partial charge is 0.0450 e. The number of rotatable bonds is 3. The maximum Gasteiger partial charge on any atom is 0.0450 e. The molecule has 2 heteroatoms. The Labute approximate surface area is 129 Å². The van der Waals surface area contributed by atoms with E-state index in [1.807, 2.05) is 0 Å². The van der Waals surface area contributed by atoms with Gasteiger partial charge in [0.25, 0.3) is 0 Å². The van der Waals surface area contributed by atoms with Crippen molar-refractivity contribution in [2.45, 2.75) is 58.0 Å². The SMILES string of the molecule is Cc1ccc(C(N)C(C)N2CCC3CCCCC3C2)cc1. The first kappa shape index (κ1) is 15.1. The van der Waals surface area contributed by atoms with Gasteiger partial charge in [-0.3, -0.25) is 4.90 Å². The third-order valence-corrected chi connectivity index (χ3v) is 5.88. The second-order valence-electron chi connectivity index (χ2n) is 7.27. The lowest BCUT2D eigenvalue weighted by Crippen LogP contribution is -2.49. The fourth-order valence-corrected chi connectivity index (χ4v) is 4.29. The van der Waals surface area contributed by atoms with E-state index in [-0.39, 0.29) is 6.04 Å². The van der Waals surface area contributed by atoms with Crippen LogP contribution in [0.15, 0.2) is 24.3 Å². The maximum absolute atomic E-state index is 6.55. The second-order valence-corrected chi connectivity index (χ2v) is 7.27. The highest BCUT2D eigenvalue weighted by Gasteiger charge is 2.34. The number of aryl methyl sites for hydroxylation is 1. The van der Waals surface area contributed by atoms with Gasteiger partial charge in [0, 0.05) is 18.6 Å². The third-order valence-electron chi connectivity index (χ3n) is 5.88. The molecule has 2 nitrogen and oxygen atoms in total. The Balaban J connectivity index is 1.64. The van der Waals surface area contributed by atoms with Gasteiger partial charge >= 0.3 is 0 Å². The molecule has 2 aliphatic rings. The van der Waals surface area contributed by atoms with Crippen molar-refractivity contribution in [3.05, 3.63) is 35.4 Å². The van der Waals surface area contributed by atoms with E-state index in [0.717, 1.165) is 11.8 Å². The maximum atomic E-state index is 6.55. The van der Waals surface area contributed by atoms with Crippen LogP contribution in [0.1, 0.15) is 56.2 Å². The fraction of sp³-hybridized carbons (Fsp3) is 0.684. The number of nitrogens with two attached hydrogens (primary N) is 1. The minimum atomic E-state index is 0.130. The van der Waals surface area contributed by atoms with Gasteiger partial charge < -0.3 is 5.73 Å². The molecule has 0 amide bonds. The fourth-order valence-electron chi connectivity index (χ4n) is 4.29. The molecular weight excluding hydrogens is 256 g/mol. The van der Waals surface area contributed by atoms with E-state index in [1.54, 1.807) is 0 Å². The largest absolute Gasteiger partial charge is 0.323 e. The number of fused-ring (bicyclic) bond motifs is 1. The predicted octanol–water partition coefficient (Wildman–Crippen LogP) is 3.90. The quantitative estimate of drug-likeness (QED) is 0.913. The molecule has 1 heterocycles. The molecule has 1 aliphatic carbocycles. The molecule has 0 aromatic heterocycles. The molecular formula is C19H30N2. The Morgan fingerprint density at radius 3 is 2.43 bits per heavy atom. The third kappa shape index (κ3) is 3.32. The zero-order chi connectivity index (χ0) is 14.8. The number of hydrogen-bond donors (Lipinski definition) is 1. The average Bonchev–Trinajstić information content (AvgIpc) is 2.54. The van der Waals surface area contributed by atoms with Gasteiger partial charge in [0.05, 0.1) is 0 Å². The summed E-state index contributed by atoms with van der Waals surface area (Å²) in [5.74, 6) is 1.93. The summed E-state index contributed by atoms with van der Waals surface area (Å²) >= 11 is 0. The highest BCUT2D eigenvalue weighted by Crippen LogP contribution is 2.37. The minimum Gasteiger partial charge on any atom is -0.323 e. The van der Waals surface area contributed by atoms with E-state index in [1.165, 1.54) is 56.3 Å². The van der Waals surface area contributed by atoms with Gasteiger partial charge in [-0.25, -0.2) is 0 Å². The van der Waals surface area contributed by atoms with E-state index in [0.29, 0.717) is 6.04 Å². The van der Waals surface area contributed by atoms with Crippen molar-refractivity contribution < 1.29 is 0 Å². The van der Waals surface area contributed by atoms with Gasteiger partial charge in [0.1, 0.15) is 0 Å². The molecule has 4 atom stereocenters. The lowest BCUT2D eigenvalue weighted by atomic mass is 9.74. The van der Waals surface area contributed by atoms with Gasteiger partial charge in [-0.05, 0) is 50.6 Å². The molecule has 1 saturated heterocycles. The molecule has 21 heavy (non-hydrogen) atoms. The molecule has 1 aromatic rings. The topological polar surface area (TPSA) is 29.3 Å². The predicted molar refractivity (Wildman–Crippen MR) is 89.2 cm³/mol. The molecule has 2 fully saturated rings. The van der Waals surface area contributed by atoms with Gasteiger partial charge in [0.15, 0.2) is 0 Å². The summed E-state index contributed by atoms with van der Waals surface area (Å²) in [4.78, 5) is 2.65. The van der Waals surface area contributed by atoms with Crippen molar-refractivity contribution in [1.29, 1.82) is 0 Å². The van der Waals surface area contributed by atoms with E-state index in [2.05, 4.69) is 43.0 Å².